The van der Waals surface area contributed by atoms with Gasteiger partial charge >= 0.3 is 0 Å². The fraction of sp³-hybridized carbons (Fsp3) is 0.583. The summed E-state index contributed by atoms with van der Waals surface area (Å²) in [5, 5.41) is 3.45. The fourth-order valence-corrected chi connectivity index (χ4v) is 2.14. The minimum Gasteiger partial charge on any atom is -0.493 e. The highest BCUT2D eigenvalue weighted by Crippen LogP contribution is 2.22. The van der Waals surface area contributed by atoms with Crippen molar-refractivity contribution < 1.29 is 4.74 Å². The van der Waals surface area contributed by atoms with Crippen LogP contribution >= 0.6 is 0 Å². The summed E-state index contributed by atoms with van der Waals surface area (Å²) in [5.41, 5.74) is 0. The third kappa shape index (κ3) is 2.64. The molecule has 1 aliphatic rings. The molecule has 1 aromatic heterocycles. The molecule has 0 aliphatic carbocycles. The molecule has 0 saturated carbocycles. The Morgan fingerprint density at radius 1 is 1.56 bits per heavy atom. The van der Waals surface area contributed by atoms with Gasteiger partial charge in [0.15, 0.2) is 11.6 Å². The zero-order chi connectivity index (χ0) is 11.4. The molecule has 0 radical (unpaired) electrons. The molecule has 1 fully saturated rings. The number of hydrogen-bond donors (Lipinski definition) is 1. The zero-order valence-electron chi connectivity index (χ0n) is 9.94. The smallest absolute Gasteiger partial charge is 0.168 e. The molecule has 2 heterocycles. The number of anilines is 1. The molecule has 0 bridgehead atoms. The van der Waals surface area contributed by atoms with Crippen molar-refractivity contribution in [2.75, 3.05) is 32.6 Å². The van der Waals surface area contributed by atoms with E-state index in [1.807, 2.05) is 12.1 Å². The Morgan fingerprint density at radius 3 is 3.19 bits per heavy atom. The van der Waals surface area contributed by atoms with E-state index in [1.165, 1.54) is 19.4 Å². The van der Waals surface area contributed by atoms with Crippen molar-refractivity contribution in [2.24, 2.45) is 0 Å². The molecular formula is C12H19N3O. The number of pyridine rings is 1. The molecule has 0 amide bonds. The number of piperidine rings is 1. The van der Waals surface area contributed by atoms with Gasteiger partial charge in [-0.15, -0.1) is 0 Å². The van der Waals surface area contributed by atoms with Crippen LogP contribution in [0.25, 0.3) is 0 Å². The van der Waals surface area contributed by atoms with Gasteiger partial charge in [-0.1, -0.05) is 0 Å². The van der Waals surface area contributed by atoms with E-state index in [4.69, 9.17) is 4.74 Å². The number of likely N-dealkylation sites (N-methyl/N-ethyl adjacent to an activating group) is 1. The third-order valence-corrected chi connectivity index (χ3v) is 2.96. The van der Waals surface area contributed by atoms with Gasteiger partial charge < -0.3 is 15.0 Å². The first kappa shape index (κ1) is 11.2. The van der Waals surface area contributed by atoms with E-state index < -0.39 is 0 Å². The van der Waals surface area contributed by atoms with Crippen molar-refractivity contribution in [1.82, 2.24) is 9.88 Å². The lowest BCUT2D eigenvalue weighted by molar-refractivity contribution is 0.260. The van der Waals surface area contributed by atoms with Crippen LogP contribution in [0.4, 0.5) is 5.82 Å². The Bertz CT molecular complexity index is 343. The minimum atomic E-state index is 0.475. The highest BCUT2D eigenvalue weighted by molar-refractivity contribution is 5.50. The Hall–Kier alpha value is -1.29. The molecule has 4 nitrogen and oxygen atoms in total. The number of ether oxygens (including phenoxy) is 1. The average Bonchev–Trinajstić information content (AvgIpc) is 2.30. The van der Waals surface area contributed by atoms with Crippen LogP contribution in [0.15, 0.2) is 18.3 Å². The summed E-state index contributed by atoms with van der Waals surface area (Å²) in [6, 6.07) is 4.29. The van der Waals surface area contributed by atoms with Gasteiger partial charge in [0.25, 0.3) is 0 Å². The first-order chi connectivity index (χ1) is 7.79. The van der Waals surface area contributed by atoms with E-state index in [0.717, 1.165) is 18.1 Å². The number of hydrogen-bond acceptors (Lipinski definition) is 4. The molecule has 4 heteroatoms. The first-order valence-corrected chi connectivity index (χ1v) is 5.73. The summed E-state index contributed by atoms with van der Waals surface area (Å²) in [4.78, 5) is 6.66. The molecule has 1 atom stereocenters. The van der Waals surface area contributed by atoms with E-state index in [1.54, 1.807) is 13.3 Å². The van der Waals surface area contributed by atoms with Crippen molar-refractivity contribution in [2.45, 2.75) is 18.9 Å². The zero-order valence-corrected chi connectivity index (χ0v) is 9.94. The van der Waals surface area contributed by atoms with Crippen LogP contribution in [0.3, 0.4) is 0 Å². The number of nitrogens with one attached hydrogen (secondary N) is 1. The quantitative estimate of drug-likeness (QED) is 0.841. The monoisotopic (exact) mass is 221 g/mol. The summed E-state index contributed by atoms with van der Waals surface area (Å²) in [6.45, 7) is 2.26. The Balaban J connectivity index is 2.02. The number of nitrogens with zero attached hydrogens (tertiary/aromatic N) is 2. The second-order valence-corrected chi connectivity index (χ2v) is 4.30. The van der Waals surface area contributed by atoms with Gasteiger partial charge in [-0.25, -0.2) is 4.98 Å². The topological polar surface area (TPSA) is 37.4 Å². The van der Waals surface area contributed by atoms with Crippen LogP contribution in [0.2, 0.25) is 0 Å². The maximum atomic E-state index is 5.28. The van der Waals surface area contributed by atoms with E-state index in [9.17, 15) is 0 Å². The Labute approximate surface area is 96.6 Å². The van der Waals surface area contributed by atoms with E-state index in [-0.39, 0.29) is 0 Å². The van der Waals surface area contributed by atoms with E-state index in [0.29, 0.717) is 6.04 Å². The molecule has 0 aromatic carbocycles. The summed E-state index contributed by atoms with van der Waals surface area (Å²) in [6.07, 6.45) is 4.23. The molecule has 1 aromatic rings. The molecule has 2 rings (SSSR count). The third-order valence-electron chi connectivity index (χ3n) is 2.96. The predicted molar refractivity (Wildman–Crippen MR) is 64.9 cm³/mol. The lowest BCUT2D eigenvalue weighted by Gasteiger charge is -2.30. The first-order valence-electron chi connectivity index (χ1n) is 5.73. The fourth-order valence-electron chi connectivity index (χ4n) is 2.14. The Morgan fingerprint density at radius 2 is 2.44 bits per heavy atom. The molecule has 1 N–H and O–H groups in total. The second-order valence-electron chi connectivity index (χ2n) is 4.30. The standard InChI is InChI=1S/C12H19N3O/c1-15-8-4-5-10(9-15)14-12-11(16-2)6-3-7-13-12/h3,6-7,10H,4-5,8-9H2,1-2H3,(H,13,14). The predicted octanol–water partition coefficient (Wildman–Crippen LogP) is 1.60. The maximum Gasteiger partial charge on any atom is 0.168 e. The van der Waals surface area contributed by atoms with Gasteiger partial charge in [0, 0.05) is 18.8 Å². The van der Waals surface area contributed by atoms with Crippen LogP contribution in [0.5, 0.6) is 5.75 Å². The summed E-state index contributed by atoms with van der Waals surface area (Å²) >= 11 is 0. The number of methoxy groups -OCH3 is 1. The van der Waals surface area contributed by atoms with Gasteiger partial charge in [-0.2, -0.15) is 0 Å². The van der Waals surface area contributed by atoms with Crippen molar-refractivity contribution in [3.8, 4) is 5.75 Å². The van der Waals surface area contributed by atoms with Crippen LogP contribution < -0.4 is 10.1 Å². The molecule has 1 saturated heterocycles. The van der Waals surface area contributed by atoms with Crippen LogP contribution in [0.1, 0.15) is 12.8 Å². The molecule has 0 spiro atoms. The van der Waals surface area contributed by atoms with Gasteiger partial charge in [-0.3, -0.25) is 0 Å². The highest BCUT2D eigenvalue weighted by Gasteiger charge is 2.18. The summed E-state index contributed by atoms with van der Waals surface area (Å²) in [5.74, 6) is 1.67. The van der Waals surface area contributed by atoms with Gasteiger partial charge in [-0.05, 0) is 38.6 Å². The minimum absolute atomic E-state index is 0.475. The average molecular weight is 221 g/mol. The van der Waals surface area contributed by atoms with Gasteiger partial charge in [0.1, 0.15) is 0 Å². The summed E-state index contributed by atoms with van der Waals surface area (Å²) < 4.78 is 5.28. The van der Waals surface area contributed by atoms with E-state index in [2.05, 4.69) is 22.2 Å². The molecule has 88 valence electrons. The number of likely N-dealkylation sites (tertiary alicyclic amines) is 1. The molecular weight excluding hydrogens is 202 g/mol. The van der Waals surface area contributed by atoms with Crippen molar-refractivity contribution >= 4 is 5.82 Å². The van der Waals surface area contributed by atoms with Crippen LogP contribution in [0, 0.1) is 0 Å². The Kier molecular flexibility index (Phi) is 3.62. The van der Waals surface area contributed by atoms with Crippen molar-refractivity contribution in [3.63, 3.8) is 0 Å². The SMILES string of the molecule is COc1cccnc1NC1CCCN(C)C1. The normalized spacial score (nSPS) is 21.8. The van der Waals surface area contributed by atoms with E-state index >= 15 is 0 Å². The van der Waals surface area contributed by atoms with Crippen LogP contribution in [-0.4, -0.2) is 43.2 Å². The molecule has 16 heavy (non-hydrogen) atoms. The molecule has 1 aliphatic heterocycles. The highest BCUT2D eigenvalue weighted by atomic mass is 16.5. The van der Waals surface area contributed by atoms with Gasteiger partial charge in [0.2, 0.25) is 0 Å². The van der Waals surface area contributed by atoms with Gasteiger partial charge in [0.05, 0.1) is 7.11 Å². The largest absolute Gasteiger partial charge is 0.493 e. The van der Waals surface area contributed by atoms with Crippen LogP contribution in [-0.2, 0) is 0 Å². The second kappa shape index (κ2) is 5.16. The maximum absolute atomic E-state index is 5.28. The lowest BCUT2D eigenvalue weighted by atomic mass is 10.1. The van der Waals surface area contributed by atoms with Crippen molar-refractivity contribution in [1.29, 1.82) is 0 Å². The molecule has 1 unspecified atom stereocenters. The lowest BCUT2D eigenvalue weighted by Crippen LogP contribution is -2.39. The number of aromatic nitrogens is 1. The summed E-state index contributed by atoms with van der Waals surface area (Å²) in [7, 11) is 3.83. The van der Waals surface area contributed by atoms with Crippen molar-refractivity contribution in [3.05, 3.63) is 18.3 Å². The number of rotatable bonds is 3.